The van der Waals surface area contributed by atoms with E-state index in [1.807, 2.05) is 25.1 Å². The molecule has 4 heterocycles. The average Bonchev–Trinajstić information content (AvgIpc) is 3.23. The fourth-order valence-electron chi connectivity index (χ4n) is 2.36. The molecule has 0 aliphatic heterocycles. The summed E-state index contributed by atoms with van der Waals surface area (Å²) in [6.45, 7) is 1.94. The molecule has 24 heavy (non-hydrogen) atoms. The van der Waals surface area contributed by atoms with Crippen LogP contribution in [0.25, 0.3) is 26.8 Å². The molecule has 0 unspecified atom stereocenters. The van der Waals surface area contributed by atoms with Crippen molar-refractivity contribution < 1.29 is 4.39 Å². The van der Waals surface area contributed by atoms with Crippen molar-refractivity contribution in [1.29, 1.82) is 0 Å². The van der Waals surface area contributed by atoms with E-state index < -0.39 is 0 Å². The highest BCUT2D eigenvalue weighted by atomic mass is 32.1. The van der Waals surface area contributed by atoms with Crippen molar-refractivity contribution in [3.8, 4) is 26.8 Å². The summed E-state index contributed by atoms with van der Waals surface area (Å²) < 4.78 is 15.4. The number of aryl methyl sites for hydroxylation is 1. The van der Waals surface area contributed by atoms with Gasteiger partial charge >= 0.3 is 0 Å². The Balaban J connectivity index is 1.73. The van der Waals surface area contributed by atoms with Crippen LogP contribution in [0.3, 0.4) is 0 Å². The molecule has 7 heteroatoms. The van der Waals surface area contributed by atoms with Crippen LogP contribution < -0.4 is 0 Å². The minimum absolute atomic E-state index is 0.318. The molecule has 0 saturated heterocycles. The van der Waals surface area contributed by atoms with E-state index in [1.54, 1.807) is 29.9 Å². The molecule has 0 aromatic carbocycles. The molecule has 0 bridgehead atoms. The van der Waals surface area contributed by atoms with Gasteiger partial charge in [0.25, 0.3) is 0 Å². The number of pyridine rings is 2. The molecular formula is C17H12FN5S. The highest BCUT2D eigenvalue weighted by Gasteiger charge is 2.15. The van der Waals surface area contributed by atoms with Gasteiger partial charge in [-0.2, -0.15) is 5.10 Å². The van der Waals surface area contributed by atoms with Gasteiger partial charge in [-0.15, -0.1) is 11.3 Å². The van der Waals surface area contributed by atoms with Crippen LogP contribution in [0.1, 0.15) is 5.69 Å². The Labute approximate surface area is 141 Å². The van der Waals surface area contributed by atoms with Crippen LogP contribution in [0, 0.1) is 12.7 Å². The van der Waals surface area contributed by atoms with Crippen LogP contribution in [0.15, 0.2) is 55.2 Å². The zero-order valence-corrected chi connectivity index (χ0v) is 13.5. The third-order valence-corrected chi connectivity index (χ3v) is 4.75. The Bertz CT molecular complexity index is 993. The number of thiazole rings is 1. The molecule has 0 amide bonds. The molecule has 0 radical (unpaired) electrons. The Morgan fingerprint density at radius 2 is 1.96 bits per heavy atom. The number of halogens is 1. The zero-order valence-electron chi connectivity index (χ0n) is 12.7. The lowest BCUT2D eigenvalue weighted by atomic mass is 10.3. The van der Waals surface area contributed by atoms with Gasteiger partial charge in [0.2, 0.25) is 0 Å². The molecule has 4 rings (SSSR count). The predicted octanol–water partition coefficient (Wildman–Crippen LogP) is 3.90. The maximum atomic E-state index is 13.9. The molecule has 0 spiro atoms. The fourth-order valence-corrected chi connectivity index (χ4v) is 3.39. The molecule has 0 aliphatic rings. The van der Waals surface area contributed by atoms with Gasteiger partial charge in [-0.3, -0.25) is 9.97 Å². The van der Waals surface area contributed by atoms with Crippen LogP contribution in [-0.4, -0.2) is 24.7 Å². The van der Waals surface area contributed by atoms with Gasteiger partial charge < -0.3 is 0 Å². The van der Waals surface area contributed by atoms with E-state index in [0.717, 1.165) is 26.8 Å². The number of hydrogen-bond donors (Lipinski definition) is 0. The van der Waals surface area contributed by atoms with Gasteiger partial charge in [0.1, 0.15) is 16.4 Å². The predicted molar refractivity (Wildman–Crippen MR) is 90.4 cm³/mol. The zero-order chi connectivity index (χ0) is 16.5. The lowest BCUT2D eigenvalue weighted by Gasteiger charge is -2.01. The van der Waals surface area contributed by atoms with Crippen molar-refractivity contribution in [2.75, 3.05) is 0 Å². The largest absolute Gasteiger partial charge is 0.264 e. The third kappa shape index (κ3) is 2.59. The van der Waals surface area contributed by atoms with Gasteiger partial charge in [-0.05, 0) is 31.2 Å². The molecule has 4 aromatic heterocycles. The van der Waals surface area contributed by atoms with Crippen molar-refractivity contribution in [1.82, 2.24) is 24.7 Å². The summed E-state index contributed by atoms with van der Waals surface area (Å²) in [5.41, 5.74) is 2.92. The molecule has 0 N–H and O–H groups in total. The first-order valence-electron chi connectivity index (χ1n) is 7.26. The third-order valence-electron chi connectivity index (χ3n) is 3.52. The summed E-state index contributed by atoms with van der Waals surface area (Å²) >= 11 is 1.54. The number of aromatic nitrogens is 5. The molecule has 5 nitrogen and oxygen atoms in total. The quantitative estimate of drug-likeness (QED) is 0.569. The standard InChI is InChI=1S/C17H12FN5S/c1-11-16(24-17(21-11)12-3-2-6-19-9-12)14-5-8-23(22-14)15-10-20-7-4-13(15)18/h2-10H,1H3. The highest BCUT2D eigenvalue weighted by molar-refractivity contribution is 7.18. The van der Waals surface area contributed by atoms with Gasteiger partial charge in [0.15, 0.2) is 5.82 Å². The molecular weight excluding hydrogens is 325 g/mol. The monoisotopic (exact) mass is 337 g/mol. The van der Waals surface area contributed by atoms with Crippen molar-refractivity contribution in [3.05, 3.63) is 66.8 Å². The Hall–Kier alpha value is -2.93. The second-order valence-corrected chi connectivity index (χ2v) is 6.15. The summed E-state index contributed by atoms with van der Waals surface area (Å²) in [5, 5.41) is 5.36. The van der Waals surface area contributed by atoms with E-state index in [9.17, 15) is 4.39 Å². The number of nitrogens with zero attached hydrogens (tertiary/aromatic N) is 5. The minimum atomic E-state index is -0.364. The summed E-state index contributed by atoms with van der Waals surface area (Å²) in [5.74, 6) is -0.364. The van der Waals surface area contributed by atoms with Gasteiger partial charge in [0, 0.05) is 30.4 Å². The van der Waals surface area contributed by atoms with E-state index in [0.29, 0.717) is 5.69 Å². The first-order chi connectivity index (χ1) is 11.7. The topological polar surface area (TPSA) is 56.5 Å². The maximum absolute atomic E-state index is 13.9. The van der Waals surface area contributed by atoms with Crippen LogP contribution in [-0.2, 0) is 0 Å². The second kappa shape index (κ2) is 5.93. The lowest BCUT2D eigenvalue weighted by Crippen LogP contribution is -1.99. The van der Waals surface area contributed by atoms with Crippen LogP contribution in [0.5, 0.6) is 0 Å². The second-order valence-electron chi connectivity index (χ2n) is 5.15. The van der Waals surface area contributed by atoms with Crippen molar-refractivity contribution >= 4 is 11.3 Å². The summed E-state index contributed by atoms with van der Waals surface area (Å²) in [4.78, 5) is 13.6. The van der Waals surface area contributed by atoms with E-state index in [4.69, 9.17) is 0 Å². The van der Waals surface area contributed by atoms with Crippen molar-refractivity contribution in [2.45, 2.75) is 6.92 Å². The molecule has 118 valence electrons. The van der Waals surface area contributed by atoms with Crippen LogP contribution >= 0.6 is 11.3 Å². The fraction of sp³-hybridized carbons (Fsp3) is 0.0588. The normalized spacial score (nSPS) is 10.9. The molecule has 0 aliphatic carbocycles. The summed E-state index contributed by atoms with van der Waals surface area (Å²) in [6.07, 6.45) is 8.10. The Kier molecular flexibility index (Phi) is 3.62. The first kappa shape index (κ1) is 14.6. The minimum Gasteiger partial charge on any atom is -0.264 e. The number of rotatable bonds is 3. The molecule has 0 fully saturated rings. The molecule has 0 atom stereocenters. The average molecular weight is 337 g/mol. The SMILES string of the molecule is Cc1nc(-c2cccnc2)sc1-c1ccn(-c2cnccc2F)n1. The smallest absolute Gasteiger partial charge is 0.151 e. The van der Waals surface area contributed by atoms with Crippen LogP contribution in [0.4, 0.5) is 4.39 Å². The van der Waals surface area contributed by atoms with Gasteiger partial charge in [0.05, 0.1) is 16.8 Å². The van der Waals surface area contributed by atoms with E-state index in [-0.39, 0.29) is 5.82 Å². The van der Waals surface area contributed by atoms with E-state index in [2.05, 4.69) is 20.1 Å². The Morgan fingerprint density at radius 3 is 2.75 bits per heavy atom. The van der Waals surface area contributed by atoms with E-state index in [1.165, 1.54) is 23.1 Å². The van der Waals surface area contributed by atoms with E-state index >= 15 is 0 Å². The maximum Gasteiger partial charge on any atom is 0.151 e. The summed E-state index contributed by atoms with van der Waals surface area (Å²) in [7, 11) is 0. The summed E-state index contributed by atoms with van der Waals surface area (Å²) in [6, 6.07) is 7.01. The van der Waals surface area contributed by atoms with Gasteiger partial charge in [-0.25, -0.2) is 14.1 Å². The Morgan fingerprint density at radius 1 is 1.08 bits per heavy atom. The van der Waals surface area contributed by atoms with Crippen molar-refractivity contribution in [3.63, 3.8) is 0 Å². The van der Waals surface area contributed by atoms with Crippen LogP contribution in [0.2, 0.25) is 0 Å². The highest BCUT2D eigenvalue weighted by Crippen LogP contribution is 2.34. The lowest BCUT2D eigenvalue weighted by molar-refractivity contribution is 0.608. The van der Waals surface area contributed by atoms with Gasteiger partial charge in [-0.1, -0.05) is 0 Å². The molecule has 0 saturated carbocycles. The molecule has 4 aromatic rings. The number of hydrogen-bond acceptors (Lipinski definition) is 5. The van der Waals surface area contributed by atoms with Crippen molar-refractivity contribution in [2.24, 2.45) is 0 Å². The first-order valence-corrected chi connectivity index (χ1v) is 8.08.